The summed E-state index contributed by atoms with van der Waals surface area (Å²) in [5.74, 6) is -0.700. The quantitative estimate of drug-likeness (QED) is 0.588. The molecule has 0 aromatic carbocycles. The Balaban J connectivity index is 1.71. The minimum Gasteiger partial charge on any atom is -0.478 e. The van der Waals surface area contributed by atoms with Crippen LogP contribution in [0.2, 0.25) is 0 Å². The number of carboxylic acids is 1. The van der Waals surface area contributed by atoms with Gasteiger partial charge in [-0.1, -0.05) is 0 Å². The van der Waals surface area contributed by atoms with E-state index in [0.717, 1.165) is 37.1 Å². The monoisotopic (exact) mass is 397 g/mol. The number of anilines is 1. The molecule has 0 aliphatic carbocycles. The number of nitrogens with one attached hydrogen (secondary N) is 1. The van der Waals surface area contributed by atoms with Crippen molar-refractivity contribution >= 4 is 22.8 Å². The average Bonchev–Trinajstić information content (AvgIpc) is 3.33. The largest absolute Gasteiger partial charge is 0.478 e. The van der Waals surface area contributed by atoms with Crippen molar-refractivity contribution in [1.82, 2.24) is 15.0 Å². The first-order valence-electron chi connectivity index (χ1n) is 9.82. The van der Waals surface area contributed by atoms with Gasteiger partial charge in [0.2, 0.25) is 0 Å². The third-order valence-corrected chi connectivity index (χ3v) is 5.45. The summed E-state index contributed by atoms with van der Waals surface area (Å²) >= 11 is 0. The van der Waals surface area contributed by atoms with E-state index in [1.807, 2.05) is 19.1 Å². The number of aromatic nitrogens is 3. The normalized spacial score (nSPS) is 17.8. The zero-order chi connectivity index (χ0) is 20.5. The van der Waals surface area contributed by atoms with E-state index >= 15 is 0 Å². The van der Waals surface area contributed by atoms with Gasteiger partial charge < -0.3 is 20.7 Å². The van der Waals surface area contributed by atoms with E-state index in [2.05, 4.69) is 19.9 Å². The van der Waals surface area contributed by atoms with Gasteiger partial charge in [0.05, 0.1) is 17.8 Å². The standard InChI is InChI=1S/C21H24FN5O2/c1-12(23)4-5-16-14(9-13(22)10-24-16)18-3-2-8-27(18)19-7-6-17-20(26-19)15(11-25-17)21(28)29/h6-7,9-12,18,25H,2-5,8,23H2,1H3,(H,28,29)/t12?,18-/m1/s1. The fraction of sp³-hybridized carbons (Fsp3) is 0.381. The molecule has 0 bridgehead atoms. The number of rotatable bonds is 6. The second-order valence-corrected chi connectivity index (χ2v) is 7.63. The molecule has 3 aromatic rings. The summed E-state index contributed by atoms with van der Waals surface area (Å²) in [5.41, 5.74) is 8.86. The van der Waals surface area contributed by atoms with Crippen LogP contribution in [0.4, 0.5) is 10.2 Å². The number of aromatic amines is 1. The second kappa shape index (κ2) is 7.79. The Hall–Kier alpha value is -3.00. The third kappa shape index (κ3) is 3.80. The summed E-state index contributed by atoms with van der Waals surface area (Å²) in [6.07, 6.45) is 5.96. The van der Waals surface area contributed by atoms with Crippen LogP contribution in [0.15, 0.2) is 30.6 Å². The van der Waals surface area contributed by atoms with Crippen molar-refractivity contribution in [3.05, 3.63) is 53.2 Å². The molecule has 1 aliphatic heterocycles. The predicted molar refractivity (Wildman–Crippen MR) is 109 cm³/mol. The number of hydrogen-bond acceptors (Lipinski definition) is 5. The van der Waals surface area contributed by atoms with Gasteiger partial charge in [0.1, 0.15) is 22.7 Å². The van der Waals surface area contributed by atoms with E-state index in [9.17, 15) is 14.3 Å². The number of aryl methyl sites for hydroxylation is 1. The van der Waals surface area contributed by atoms with Gasteiger partial charge in [-0.3, -0.25) is 4.98 Å². The molecule has 152 valence electrons. The van der Waals surface area contributed by atoms with Crippen molar-refractivity contribution in [2.45, 2.75) is 44.7 Å². The summed E-state index contributed by atoms with van der Waals surface area (Å²) in [6.45, 7) is 2.71. The zero-order valence-electron chi connectivity index (χ0n) is 16.2. The molecule has 0 radical (unpaired) electrons. The molecule has 0 amide bonds. The van der Waals surface area contributed by atoms with Crippen LogP contribution in [0, 0.1) is 5.82 Å². The number of pyridine rings is 2. The number of carboxylic acid groups (broad SMARTS) is 1. The lowest BCUT2D eigenvalue weighted by atomic mass is 9.98. The van der Waals surface area contributed by atoms with E-state index in [1.54, 1.807) is 6.07 Å². The Morgan fingerprint density at radius 1 is 1.48 bits per heavy atom. The van der Waals surface area contributed by atoms with Crippen molar-refractivity contribution in [3.8, 4) is 0 Å². The fourth-order valence-corrected chi connectivity index (χ4v) is 4.02. The molecule has 1 saturated heterocycles. The number of fused-ring (bicyclic) bond motifs is 1. The molecule has 3 aromatic heterocycles. The van der Waals surface area contributed by atoms with Crippen molar-refractivity contribution < 1.29 is 14.3 Å². The molecule has 1 aliphatic rings. The highest BCUT2D eigenvalue weighted by Gasteiger charge is 2.30. The molecule has 0 saturated carbocycles. The van der Waals surface area contributed by atoms with Crippen LogP contribution in [0.5, 0.6) is 0 Å². The van der Waals surface area contributed by atoms with Crippen LogP contribution in [-0.2, 0) is 6.42 Å². The van der Waals surface area contributed by atoms with Crippen LogP contribution in [-0.4, -0.2) is 38.6 Å². The highest BCUT2D eigenvalue weighted by molar-refractivity contribution is 6.01. The summed E-state index contributed by atoms with van der Waals surface area (Å²) in [6, 6.07) is 5.25. The van der Waals surface area contributed by atoms with E-state index < -0.39 is 5.97 Å². The maximum absolute atomic E-state index is 14.0. The lowest BCUT2D eigenvalue weighted by molar-refractivity contribution is 0.0699. The van der Waals surface area contributed by atoms with Crippen molar-refractivity contribution in [2.24, 2.45) is 5.73 Å². The van der Waals surface area contributed by atoms with Gasteiger partial charge in [-0.15, -0.1) is 0 Å². The Morgan fingerprint density at radius 2 is 2.31 bits per heavy atom. The number of aromatic carboxylic acids is 1. The first-order valence-corrected chi connectivity index (χ1v) is 9.82. The first-order chi connectivity index (χ1) is 13.9. The Bertz CT molecular complexity index is 1050. The van der Waals surface area contributed by atoms with E-state index in [-0.39, 0.29) is 23.5 Å². The highest BCUT2D eigenvalue weighted by Crippen LogP contribution is 2.37. The molecular weight excluding hydrogens is 373 g/mol. The molecule has 2 atom stereocenters. The number of nitrogens with zero attached hydrogens (tertiary/aromatic N) is 3. The first kappa shape index (κ1) is 19.3. The number of carbonyl (C=O) groups is 1. The summed E-state index contributed by atoms with van der Waals surface area (Å²) in [7, 11) is 0. The average molecular weight is 397 g/mol. The Morgan fingerprint density at radius 3 is 3.07 bits per heavy atom. The van der Waals surface area contributed by atoms with Crippen LogP contribution in [0.3, 0.4) is 0 Å². The van der Waals surface area contributed by atoms with Gasteiger partial charge in [0.25, 0.3) is 0 Å². The summed E-state index contributed by atoms with van der Waals surface area (Å²) in [5, 5.41) is 9.39. The van der Waals surface area contributed by atoms with Gasteiger partial charge in [0, 0.05) is 24.5 Å². The van der Waals surface area contributed by atoms with Crippen molar-refractivity contribution in [3.63, 3.8) is 0 Å². The van der Waals surface area contributed by atoms with Crippen LogP contribution < -0.4 is 10.6 Å². The van der Waals surface area contributed by atoms with E-state index in [0.29, 0.717) is 23.3 Å². The number of H-pyrrole nitrogens is 1. The summed E-state index contributed by atoms with van der Waals surface area (Å²) in [4.78, 5) is 25.5. The fourth-order valence-electron chi connectivity index (χ4n) is 4.02. The molecule has 7 nitrogen and oxygen atoms in total. The van der Waals surface area contributed by atoms with Crippen LogP contribution in [0.1, 0.15) is 53.8 Å². The molecule has 8 heteroatoms. The van der Waals surface area contributed by atoms with Crippen LogP contribution >= 0.6 is 0 Å². The van der Waals surface area contributed by atoms with Gasteiger partial charge in [-0.25, -0.2) is 14.2 Å². The lowest BCUT2D eigenvalue weighted by Gasteiger charge is -2.27. The number of halogens is 1. The van der Waals surface area contributed by atoms with Gasteiger partial charge >= 0.3 is 5.97 Å². The summed E-state index contributed by atoms with van der Waals surface area (Å²) < 4.78 is 14.0. The molecular formula is C21H24FN5O2. The van der Waals surface area contributed by atoms with Gasteiger partial charge in [-0.2, -0.15) is 0 Å². The SMILES string of the molecule is CC(N)CCc1ncc(F)cc1[C@H]1CCCN1c1ccc2[nH]cc(C(=O)O)c2n1. The van der Waals surface area contributed by atoms with Gasteiger partial charge in [0.15, 0.2) is 0 Å². The molecule has 4 rings (SSSR count). The van der Waals surface area contributed by atoms with Crippen molar-refractivity contribution in [1.29, 1.82) is 0 Å². The topological polar surface area (TPSA) is 108 Å². The molecule has 1 unspecified atom stereocenters. The second-order valence-electron chi connectivity index (χ2n) is 7.63. The maximum Gasteiger partial charge on any atom is 0.339 e. The number of nitrogens with two attached hydrogens (primary N) is 1. The van der Waals surface area contributed by atoms with Crippen LogP contribution in [0.25, 0.3) is 11.0 Å². The molecule has 1 fully saturated rings. The van der Waals surface area contributed by atoms with E-state index in [1.165, 1.54) is 12.4 Å². The number of hydrogen-bond donors (Lipinski definition) is 3. The molecule has 4 N–H and O–H groups in total. The third-order valence-electron chi connectivity index (χ3n) is 5.45. The molecule has 4 heterocycles. The van der Waals surface area contributed by atoms with E-state index in [4.69, 9.17) is 5.73 Å². The zero-order valence-corrected chi connectivity index (χ0v) is 16.2. The predicted octanol–water partition coefficient (Wildman–Crippen LogP) is 3.42. The highest BCUT2D eigenvalue weighted by atomic mass is 19.1. The molecule has 0 spiro atoms. The molecule has 29 heavy (non-hydrogen) atoms. The maximum atomic E-state index is 14.0. The Kier molecular flexibility index (Phi) is 5.19. The minimum atomic E-state index is -1.02. The smallest absolute Gasteiger partial charge is 0.339 e. The lowest BCUT2D eigenvalue weighted by Crippen LogP contribution is -2.25. The van der Waals surface area contributed by atoms with Crippen molar-refractivity contribution in [2.75, 3.05) is 11.4 Å². The minimum absolute atomic E-state index is 0.0430. The van der Waals surface area contributed by atoms with Gasteiger partial charge in [-0.05, 0) is 56.4 Å². The Labute approximate surface area is 167 Å².